The van der Waals surface area contributed by atoms with Gasteiger partial charge in [-0.2, -0.15) is 0 Å². The Morgan fingerprint density at radius 1 is 1.09 bits per heavy atom. The predicted octanol–water partition coefficient (Wildman–Crippen LogP) is 2.69. The van der Waals surface area contributed by atoms with Gasteiger partial charge in [-0.05, 0) is 37.3 Å². The Hall–Kier alpha value is -2.34. The van der Waals surface area contributed by atoms with Crippen LogP contribution in [-0.2, 0) is 14.8 Å². The van der Waals surface area contributed by atoms with Gasteiger partial charge < -0.3 is 4.74 Å². The van der Waals surface area contributed by atoms with Crippen molar-refractivity contribution in [1.29, 1.82) is 0 Å². The zero-order valence-electron chi connectivity index (χ0n) is 12.4. The summed E-state index contributed by atoms with van der Waals surface area (Å²) in [4.78, 5) is 11.9. The molecule has 0 fully saturated rings. The van der Waals surface area contributed by atoms with Crippen LogP contribution in [0.25, 0.3) is 0 Å². The molecule has 6 heteroatoms. The van der Waals surface area contributed by atoms with Crippen molar-refractivity contribution in [2.45, 2.75) is 11.8 Å². The Kier molecular flexibility index (Phi) is 4.82. The number of anilines is 1. The zero-order valence-corrected chi connectivity index (χ0v) is 13.2. The van der Waals surface area contributed by atoms with Gasteiger partial charge in [0.2, 0.25) is 0 Å². The van der Waals surface area contributed by atoms with Gasteiger partial charge >= 0.3 is 5.97 Å². The molecule has 0 aliphatic heterocycles. The molecule has 0 spiro atoms. The summed E-state index contributed by atoms with van der Waals surface area (Å²) in [6.45, 7) is 1.98. The van der Waals surface area contributed by atoms with Crippen molar-refractivity contribution >= 4 is 21.7 Å². The highest BCUT2D eigenvalue weighted by molar-refractivity contribution is 7.92. The summed E-state index contributed by atoms with van der Waals surface area (Å²) in [5.74, 6) is -0.477. The number of hydrogen-bond acceptors (Lipinski definition) is 4. The number of carbonyl (C=O) groups is 1. The lowest BCUT2D eigenvalue weighted by molar-refractivity contribution is 0.0526. The summed E-state index contributed by atoms with van der Waals surface area (Å²) < 4.78 is 31.2. The molecule has 0 aromatic heterocycles. The molecule has 0 saturated carbocycles. The quantitative estimate of drug-likeness (QED) is 0.795. The molecule has 116 valence electrons. The van der Waals surface area contributed by atoms with Crippen LogP contribution in [0.4, 0.5) is 5.69 Å². The van der Waals surface area contributed by atoms with Crippen LogP contribution in [0.3, 0.4) is 0 Å². The van der Waals surface area contributed by atoms with Crippen molar-refractivity contribution in [1.82, 2.24) is 0 Å². The van der Waals surface area contributed by atoms with Crippen molar-refractivity contribution in [3.8, 4) is 0 Å². The molecule has 0 aliphatic carbocycles. The topological polar surface area (TPSA) is 63.7 Å². The van der Waals surface area contributed by atoms with E-state index in [9.17, 15) is 13.2 Å². The van der Waals surface area contributed by atoms with Crippen LogP contribution in [0.1, 0.15) is 17.3 Å². The Morgan fingerprint density at radius 3 is 2.41 bits per heavy atom. The number of nitrogens with zero attached hydrogens (tertiary/aromatic N) is 1. The van der Waals surface area contributed by atoms with Crippen molar-refractivity contribution in [3.05, 3.63) is 60.2 Å². The van der Waals surface area contributed by atoms with E-state index in [4.69, 9.17) is 4.74 Å². The molecule has 2 rings (SSSR count). The molecule has 0 unspecified atom stereocenters. The van der Waals surface area contributed by atoms with E-state index in [0.29, 0.717) is 11.3 Å². The Morgan fingerprint density at radius 2 is 1.77 bits per heavy atom. The summed E-state index contributed by atoms with van der Waals surface area (Å²) in [6, 6.07) is 14.5. The van der Waals surface area contributed by atoms with Crippen molar-refractivity contribution < 1.29 is 17.9 Å². The third kappa shape index (κ3) is 3.28. The lowest BCUT2D eigenvalue weighted by Crippen LogP contribution is -2.26. The summed E-state index contributed by atoms with van der Waals surface area (Å²) in [6.07, 6.45) is 0. The maximum Gasteiger partial charge on any atom is 0.338 e. The van der Waals surface area contributed by atoms with E-state index in [1.807, 2.05) is 0 Å². The van der Waals surface area contributed by atoms with Crippen LogP contribution in [0.2, 0.25) is 0 Å². The molecular formula is C16H17NO4S. The number of carbonyl (C=O) groups excluding carboxylic acids is 1. The number of esters is 1. The first kappa shape index (κ1) is 16.0. The molecule has 5 nitrogen and oxygen atoms in total. The SMILES string of the molecule is CCOC(=O)c1cccc(N(C)S(=O)(=O)c2ccccc2)c1. The molecule has 2 aromatic carbocycles. The van der Waals surface area contributed by atoms with Crippen molar-refractivity contribution in [2.24, 2.45) is 0 Å². The molecule has 0 atom stereocenters. The molecule has 0 aliphatic rings. The maximum absolute atomic E-state index is 12.5. The third-order valence-corrected chi connectivity index (χ3v) is 4.92. The van der Waals surface area contributed by atoms with E-state index in [2.05, 4.69) is 0 Å². The molecule has 2 aromatic rings. The molecule has 0 saturated heterocycles. The number of ether oxygens (including phenoxy) is 1. The molecule has 0 N–H and O–H groups in total. The van der Waals surface area contributed by atoms with Gasteiger partial charge in [0.1, 0.15) is 0 Å². The first-order valence-electron chi connectivity index (χ1n) is 6.78. The second-order valence-corrected chi connectivity index (χ2v) is 6.53. The van der Waals surface area contributed by atoms with E-state index >= 15 is 0 Å². The van der Waals surface area contributed by atoms with E-state index in [0.717, 1.165) is 4.31 Å². The van der Waals surface area contributed by atoms with Crippen LogP contribution in [-0.4, -0.2) is 28.0 Å². The molecule has 22 heavy (non-hydrogen) atoms. The molecule has 0 amide bonds. The van der Waals surface area contributed by atoms with Gasteiger partial charge in [0.15, 0.2) is 0 Å². The number of hydrogen-bond donors (Lipinski definition) is 0. The molecular weight excluding hydrogens is 302 g/mol. The van der Waals surface area contributed by atoms with Crippen LogP contribution < -0.4 is 4.31 Å². The van der Waals surface area contributed by atoms with Gasteiger partial charge in [0.25, 0.3) is 10.0 Å². The highest BCUT2D eigenvalue weighted by Gasteiger charge is 2.21. The van der Waals surface area contributed by atoms with Gasteiger partial charge in [0, 0.05) is 7.05 Å². The molecule has 0 radical (unpaired) electrons. The summed E-state index contributed by atoms with van der Waals surface area (Å²) in [5, 5.41) is 0. The average molecular weight is 319 g/mol. The van der Waals surface area contributed by atoms with Gasteiger partial charge in [0.05, 0.1) is 22.8 Å². The van der Waals surface area contributed by atoms with E-state index in [1.54, 1.807) is 43.3 Å². The fourth-order valence-corrected chi connectivity index (χ4v) is 3.14. The lowest BCUT2D eigenvalue weighted by Gasteiger charge is -2.20. The monoisotopic (exact) mass is 319 g/mol. The van der Waals surface area contributed by atoms with Crippen LogP contribution >= 0.6 is 0 Å². The minimum absolute atomic E-state index is 0.194. The lowest BCUT2D eigenvalue weighted by atomic mass is 10.2. The second-order valence-electron chi connectivity index (χ2n) is 4.56. The molecule has 0 bridgehead atoms. The van der Waals surface area contributed by atoms with Gasteiger partial charge in [-0.25, -0.2) is 13.2 Å². The normalized spacial score (nSPS) is 11.0. The van der Waals surface area contributed by atoms with Crippen LogP contribution in [0.5, 0.6) is 0 Å². The van der Waals surface area contributed by atoms with E-state index in [-0.39, 0.29) is 11.5 Å². The second kappa shape index (κ2) is 6.62. The minimum Gasteiger partial charge on any atom is -0.462 e. The van der Waals surface area contributed by atoms with E-state index in [1.165, 1.54) is 25.2 Å². The Balaban J connectivity index is 2.36. The molecule has 0 heterocycles. The number of sulfonamides is 1. The van der Waals surface area contributed by atoms with Gasteiger partial charge in [-0.1, -0.05) is 24.3 Å². The summed E-state index contributed by atoms with van der Waals surface area (Å²) >= 11 is 0. The van der Waals surface area contributed by atoms with E-state index < -0.39 is 16.0 Å². The van der Waals surface area contributed by atoms with Crippen molar-refractivity contribution in [3.63, 3.8) is 0 Å². The fraction of sp³-hybridized carbons (Fsp3) is 0.188. The largest absolute Gasteiger partial charge is 0.462 e. The number of benzene rings is 2. The number of rotatable bonds is 5. The smallest absolute Gasteiger partial charge is 0.338 e. The first-order valence-corrected chi connectivity index (χ1v) is 8.22. The maximum atomic E-state index is 12.5. The Labute approximate surface area is 130 Å². The summed E-state index contributed by atoms with van der Waals surface area (Å²) in [5.41, 5.74) is 0.712. The van der Waals surface area contributed by atoms with Crippen LogP contribution in [0, 0.1) is 0 Å². The Bertz CT molecular complexity index is 757. The van der Waals surface area contributed by atoms with Gasteiger partial charge in [-0.3, -0.25) is 4.31 Å². The highest BCUT2D eigenvalue weighted by Crippen LogP contribution is 2.23. The zero-order chi connectivity index (χ0) is 16.2. The van der Waals surface area contributed by atoms with Crippen molar-refractivity contribution in [2.75, 3.05) is 18.0 Å². The van der Waals surface area contributed by atoms with Crippen LogP contribution in [0.15, 0.2) is 59.5 Å². The third-order valence-electron chi connectivity index (χ3n) is 3.12. The standard InChI is InChI=1S/C16H17NO4S/c1-3-21-16(18)13-8-7-9-14(12-13)17(2)22(19,20)15-10-5-4-6-11-15/h4-12H,3H2,1-2H3. The fourth-order valence-electron chi connectivity index (χ4n) is 1.93. The first-order chi connectivity index (χ1) is 10.5. The average Bonchev–Trinajstić information content (AvgIpc) is 2.55. The minimum atomic E-state index is -3.67. The predicted molar refractivity (Wildman–Crippen MR) is 84.4 cm³/mol. The van der Waals surface area contributed by atoms with Gasteiger partial charge in [-0.15, -0.1) is 0 Å². The summed E-state index contributed by atoms with van der Waals surface area (Å²) in [7, 11) is -2.21. The highest BCUT2D eigenvalue weighted by atomic mass is 32.2.